The Balaban J connectivity index is 1.52. The van der Waals surface area contributed by atoms with Crippen molar-refractivity contribution in [3.63, 3.8) is 0 Å². The third kappa shape index (κ3) is 4.36. The van der Waals surface area contributed by atoms with Crippen molar-refractivity contribution in [2.45, 2.75) is 0 Å². The van der Waals surface area contributed by atoms with E-state index in [4.69, 9.17) is 25.8 Å². The summed E-state index contributed by atoms with van der Waals surface area (Å²) in [5.74, 6) is 0.464. The molecule has 0 aliphatic heterocycles. The number of anilines is 1. The zero-order valence-corrected chi connectivity index (χ0v) is 20.1. The van der Waals surface area contributed by atoms with Crippen molar-refractivity contribution < 1.29 is 23.4 Å². The van der Waals surface area contributed by atoms with Crippen LogP contribution >= 0.6 is 11.6 Å². The number of carbonyl (C=O) groups excluding carboxylic acids is 1. The molecule has 0 aliphatic carbocycles. The summed E-state index contributed by atoms with van der Waals surface area (Å²) in [5.41, 5.74) is 1.47. The number of pyridine rings is 1. The summed E-state index contributed by atoms with van der Waals surface area (Å²) >= 11 is 6.01. The molecular weight excluding hydrogens is 483 g/mol. The molecule has 1 heterocycles. The number of hydrogen-bond acceptors (Lipinski definition) is 5. The molecule has 6 nitrogen and oxygen atoms in total. The minimum atomic E-state index is -0.588. The van der Waals surface area contributed by atoms with Gasteiger partial charge in [-0.2, -0.15) is 0 Å². The highest BCUT2D eigenvalue weighted by Gasteiger charge is 2.17. The van der Waals surface area contributed by atoms with Gasteiger partial charge < -0.3 is 19.5 Å². The standard InChI is InChI=1S/C28H20ClFN2O4/c1-34-25-14-21-22(15-26(25)35-2)31-12-11-23(21)36-24-10-9-18-19(27(24)30)7-4-8-20(18)28(33)32-17-6-3-5-16(29)13-17/h3-15H,1-2H3,(H,32,33). The molecule has 0 atom stereocenters. The molecule has 0 spiro atoms. The molecule has 180 valence electrons. The van der Waals surface area contributed by atoms with Crippen LogP contribution in [0.3, 0.4) is 0 Å². The fourth-order valence-corrected chi connectivity index (χ4v) is 4.19. The summed E-state index contributed by atoms with van der Waals surface area (Å²) in [4.78, 5) is 17.3. The SMILES string of the molecule is COc1cc2nccc(Oc3ccc4c(C(=O)Nc5cccc(Cl)c5)cccc4c3F)c2cc1OC. The van der Waals surface area contributed by atoms with Crippen LogP contribution in [0.25, 0.3) is 21.7 Å². The van der Waals surface area contributed by atoms with Crippen LogP contribution in [-0.4, -0.2) is 25.1 Å². The van der Waals surface area contributed by atoms with Gasteiger partial charge in [-0.25, -0.2) is 4.39 Å². The topological polar surface area (TPSA) is 69.7 Å². The number of amides is 1. The van der Waals surface area contributed by atoms with Crippen molar-refractivity contribution in [1.29, 1.82) is 0 Å². The highest BCUT2D eigenvalue weighted by Crippen LogP contribution is 2.38. The van der Waals surface area contributed by atoms with E-state index in [1.807, 2.05) is 0 Å². The van der Waals surface area contributed by atoms with Gasteiger partial charge in [0.2, 0.25) is 0 Å². The zero-order valence-electron chi connectivity index (χ0n) is 19.3. The van der Waals surface area contributed by atoms with Crippen molar-refractivity contribution in [2.24, 2.45) is 0 Å². The van der Waals surface area contributed by atoms with Crippen molar-refractivity contribution in [3.05, 3.63) is 95.4 Å². The molecule has 0 fully saturated rings. The lowest BCUT2D eigenvalue weighted by Crippen LogP contribution is -2.12. The van der Waals surface area contributed by atoms with Crippen molar-refractivity contribution in [2.75, 3.05) is 19.5 Å². The molecule has 36 heavy (non-hydrogen) atoms. The van der Waals surface area contributed by atoms with E-state index in [1.54, 1.807) is 72.9 Å². The number of halogens is 2. The van der Waals surface area contributed by atoms with E-state index < -0.39 is 5.82 Å². The quantitative estimate of drug-likeness (QED) is 0.265. The van der Waals surface area contributed by atoms with Crippen LogP contribution in [0.1, 0.15) is 10.4 Å². The number of aromatic nitrogens is 1. The number of benzene rings is 4. The Bertz CT molecular complexity index is 1620. The molecule has 0 unspecified atom stereocenters. The van der Waals surface area contributed by atoms with Crippen LogP contribution in [0.2, 0.25) is 5.02 Å². The Morgan fingerprint density at radius 3 is 2.39 bits per heavy atom. The Morgan fingerprint density at radius 1 is 0.833 bits per heavy atom. The molecule has 1 N–H and O–H groups in total. The molecule has 5 aromatic rings. The van der Waals surface area contributed by atoms with Crippen LogP contribution in [-0.2, 0) is 0 Å². The third-order valence-corrected chi connectivity index (χ3v) is 5.95. The van der Waals surface area contributed by atoms with Gasteiger partial charge in [-0.05, 0) is 53.9 Å². The maximum atomic E-state index is 15.6. The number of carbonyl (C=O) groups is 1. The third-order valence-electron chi connectivity index (χ3n) is 5.71. The zero-order chi connectivity index (χ0) is 25.2. The summed E-state index contributed by atoms with van der Waals surface area (Å²) in [6, 6.07) is 19.9. The molecule has 4 aromatic carbocycles. The van der Waals surface area contributed by atoms with E-state index in [9.17, 15) is 4.79 Å². The van der Waals surface area contributed by atoms with E-state index >= 15 is 4.39 Å². The number of rotatable bonds is 6. The molecule has 5 rings (SSSR count). The maximum Gasteiger partial charge on any atom is 0.256 e. The molecule has 0 bridgehead atoms. The van der Waals surface area contributed by atoms with Gasteiger partial charge in [0.25, 0.3) is 5.91 Å². The first-order valence-electron chi connectivity index (χ1n) is 10.9. The van der Waals surface area contributed by atoms with Crippen LogP contribution < -0.4 is 19.5 Å². The second-order valence-corrected chi connectivity index (χ2v) is 8.31. The largest absolute Gasteiger partial charge is 0.493 e. The van der Waals surface area contributed by atoms with Crippen LogP contribution in [0.5, 0.6) is 23.0 Å². The second kappa shape index (κ2) is 9.71. The smallest absolute Gasteiger partial charge is 0.256 e. The van der Waals surface area contributed by atoms with Gasteiger partial charge in [-0.3, -0.25) is 9.78 Å². The lowest BCUT2D eigenvalue weighted by atomic mass is 10.0. The summed E-state index contributed by atoms with van der Waals surface area (Å²) in [7, 11) is 3.07. The van der Waals surface area contributed by atoms with Crippen molar-refractivity contribution >= 4 is 44.9 Å². The molecule has 0 aliphatic rings. The first-order valence-corrected chi connectivity index (χ1v) is 11.3. The average molecular weight is 503 g/mol. The van der Waals surface area contributed by atoms with Crippen LogP contribution in [0.4, 0.5) is 10.1 Å². The number of nitrogens with one attached hydrogen (secondary N) is 1. The van der Waals surface area contributed by atoms with E-state index in [1.165, 1.54) is 20.3 Å². The van der Waals surface area contributed by atoms with E-state index in [0.717, 1.165) is 0 Å². The normalized spacial score (nSPS) is 10.9. The number of hydrogen-bond donors (Lipinski definition) is 1. The predicted octanol–water partition coefficient (Wildman–Crippen LogP) is 7.24. The van der Waals surface area contributed by atoms with Gasteiger partial charge in [0.15, 0.2) is 23.1 Å². The fourth-order valence-electron chi connectivity index (χ4n) is 4.00. The molecular formula is C28H20ClFN2O4. The molecule has 0 saturated carbocycles. The van der Waals surface area contributed by atoms with Crippen molar-refractivity contribution in [3.8, 4) is 23.0 Å². The van der Waals surface area contributed by atoms with E-state index in [0.29, 0.717) is 49.8 Å². The Morgan fingerprint density at radius 2 is 1.61 bits per heavy atom. The molecule has 8 heteroatoms. The summed E-state index contributed by atoms with van der Waals surface area (Å²) in [6.07, 6.45) is 1.57. The summed E-state index contributed by atoms with van der Waals surface area (Å²) < 4.78 is 32.3. The Kier molecular flexibility index (Phi) is 6.31. The van der Waals surface area contributed by atoms with E-state index in [2.05, 4.69) is 10.3 Å². The predicted molar refractivity (Wildman–Crippen MR) is 138 cm³/mol. The number of methoxy groups -OCH3 is 2. The maximum absolute atomic E-state index is 15.6. The van der Waals surface area contributed by atoms with Gasteiger partial charge in [0, 0.05) is 39.3 Å². The molecule has 0 saturated heterocycles. The van der Waals surface area contributed by atoms with Crippen LogP contribution in [0.15, 0.2) is 79.0 Å². The minimum Gasteiger partial charge on any atom is -0.493 e. The monoisotopic (exact) mass is 502 g/mol. The summed E-state index contributed by atoms with van der Waals surface area (Å²) in [6.45, 7) is 0. The van der Waals surface area contributed by atoms with Crippen molar-refractivity contribution in [1.82, 2.24) is 4.98 Å². The highest BCUT2D eigenvalue weighted by atomic mass is 35.5. The lowest BCUT2D eigenvalue weighted by Gasteiger charge is -2.14. The Labute approximate surface area is 211 Å². The number of nitrogens with zero attached hydrogens (tertiary/aromatic N) is 1. The van der Waals surface area contributed by atoms with Gasteiger partial charge >= 0.3 is 0 Å². The van der Waals surface area contributed by atoms with Gasteiger partial charge in [0.1, 0.15) is 5.75 Å². The first kappa shape index (κ1) is 23.4. The lowest BCUT2D eigenvalue weighted by molar-refractivity contribution is 0.102. The highest BCUT2D eigenvalue weighted by molar-refractivity contribution is 6.31. The van der Waals surface area contributed by atoms with Gasteiger partial charge in [-0.1, -0.05) is 29.8 Å². The van der Waals surface area contributed by atoms with Crippen LogP contribution in [0, 0.1) is 5.82 Å². The minimum absolute atomic E-state index is 0.0113. The molecule has 0 radical (unpaired) electrons. The Hall–Kier alpha value is -4.36. The fraction of sp³-hybridized carbons (Fsp3) is 0.0714. The second-order valence-electron chi connectivity index (χ2n) is 7.88. The van der Waals surface area contributed by atoms with E-state index in [-0.39, 0.29) is 17.0 Å². The molecule has 1 aromatic heterocycles. The van der Waals surface area contributed by atoms with Gasteiger partial charge in [-0.15, -0.1) is 0 Å². The number of fused-ring (bicyclic) bond motifs is 2. The van der Waals surface area contributed by atoms with Gasteiger partial charge in [0.05, 0.1) is 19.7 Å². The average Bonchev–Trinajstić information content (AvgIpc) is 2.89. The first-order chi connectivity index (χ1) is 17.5. The molecule has 1 amide bonds. The summed E-state index contributed by atoms with van der Waals surface area (Å²) in [5, 5.41) is 4.63. The number of ether oxygens (including phenoxy) is 3.